The standard InChI is InChI=1S/C17H23N5O/c1-17(2)10-14(13-6-4-5-7-15(13)23-17)21-16(18-3)19-11-12-8-9-20-22-12/h4-9,14H,10-11H2,1-3H3,(H,20,22)(H2,18,19,21). The van der Waals surface area contributed by atoms with E-state index in [2.05, 4.69) is 45.7 Å². The van der Waals surface area contributed by atoms with Gasteiger partial charge in [0, 0.05) is 25.2 Å². The van der Waals surface area contributed by atoms with Crippen molar-refractivity contribution in [1.29, 1.82) is 0 Å². The summed E-state index contributed by atoms with van der Waals surface area (Å²) in [6.07, 6.45) is 2.61. The molecular formula is C17H23N5O. The third-order valence-electron chi connectivity index (χ3n) is 3.92. The van der Waals surface area contributed by atoms with Gasteiger partial charge in [-0.3, -0.25) is 10.1 Å². The van der Waals surface area contributed by atoms with Crippen LogP contribution < -0.4 is 15.4 Å². The first-order chi connectivity index (χ1) is 11.1. The van der Waals surface area contributed by atoms with E-state index in [9.17, 15) is 0 Å². The summed E-state index contributed by atoms with van der Waals surface area (Å²) in [4.78, 5) is 4.32. The maximum absolute atomic E-state index is 6.07. The third kappa shape index (κ3) is 3.64. The van der Waals surface area contributed by atoms with Crippen LogP contribution in [0.3, 0.4) is 0 Å². The number of para-hydroxylation sites is 1. The molecule has 1 aromatic heterocycles. The number of hydrogen-bond donors (Lipinski definition) is 3. The molecule has 1 aliphatic rings. The number of fused-ring (bicyclic) bond motifs is 1. The Balaban J connectivity index is 1.72. The first kappa shape index (κ1) is 15.4. The maximum Gasteiger partial charge on any atom is 0.191 e. The number of nitrogens with one attached hydrogen (secondary N) is 3. The van der Waals surface area contributed by atoms with Gasteiger partial charge in [-0.05, 0) is 26.0 Å². The number of hydrogen-bond acceptors (Lipinski definition) is 3. The van der Waals surface area contributed by atoms with Crippen molar-refractivity contribution in [2.45, 2.75) is 38.5 Å². The van der Waals surface area contributed by atoms with Gasteiger partial charge < -0.3 is 15.4 Å². The number of aromatic amines is 1. The van der Waals surface area contributed by atoms with E-state index in [1.54, 1.807) is 13.2 Å². The lowest BCUT2D eigenvalue weighted by atomic mass is 9.90. The van der Waals surface area contributed by atoms with Gasteiger partial charge in [0.1, 0.15) is 11.4 Å². The summed E-state index contributed by atoms with van der Waals surface area (Å²) in [6, 6.07) is 10.3. The van der Waals surface area contributed by atoms with Crippen LogP contribution in [0.1, 0.15) is 37.6 Å². The van der Waals surface area contributed by atoms with Crippen molar-refractivity contribution in [3.63, 3.8) is 0 Å². The summed E-state index contributed by atoms with van der Waals surface area (Å²) in [6.45, 7) is 4.87. The minimum absolute atomic E-state index is 0.155. The van der Waals surface area contributed by atoms with Crippen LogP contribution in [0.2, 0.25) is 0 Å². The summed E-state index contributed by atoms with van der Waals surface area (Å²) in [5, 5.41) is 13.7. The van der Waals surface area contributed by atoms with Crippen molar-refractivity contribution in [1.82, 2.24) is 20.8 Å². The molecule has 6 nitrogen and oxygen atoms in total. The van der Waals surface area contributed by atoms with Crippen LogP contribution in [0, 0.1) is 0 Å². The molecule has 0 amide bonds. The first-order valence-corrected chi connectivity index (χ1v) is 7.81. The lowest BCUT2D eigenvalue weighted by molar-refractivity contribution is 0.0694. The van der Waals surface area contributed by atoms with Crippen molar-refractivity contribution in [3.8, 4) is 5.75 Å². The fourth-order valence-electron chi connectivity index (χ4n) is 2.85. The van der Waals surface area contributed by atoms with Crippen LogP contribution in [0.4, 0.5) is 0 Å². The predicted octanol–water partition coefficient (Wildman–Crippen LogP) is 2.38. The second-order valence-corrected chi connectivity index (χ2v) is 6.31. The molecule has 0 saturated carbocycles. The number of guanidine groups is 1. The molecule has 0 saturated heterocycles. The van der Waals surface area contributed by atoms with E-state index in [0.29, 0.717) is 6.54 Å². The number of rotatable bonds is 3. The molecule has 0 fully saturated rings. The van der Waals surface area contributed by atoms with E-state index in [-0.39, 0.29) is 11.6 Å². The second kappa shape index (κ2) is 6.32. The zero-order valence-corrected chi connectivity index (χ0v) is 13.8. The molecule has 1 unspecified atom stereocenters. The number of aliphatic imine (C=N–C) groups is 1. The van der Waals surface area contributed by atoms with Crippen molar-refractivity contribution in [2.24, 2.45) is 4.99 Å². The number of H-pyrrole nitrogens is 1. The number of benzene rings is 1. The summed E-state index contributed by atoms with van der Waals surface area (Å²) in [7, 11) is 1.78. The largest absolute Gasteiger partial charge is 0.487 e. The van der Waals surface area contributed by atoms with Crippen LogP contribution in [-0.4, -0.2) is 28.8 Å². The minimum atomic E-state index is -0.214. The average Bonchev–Trinajstić information content (AvgIpc) is 3.03. The Labute approximate surface area is 136 Å². The van der Waals surface area contributed by atoms with Crippen LogP contribution in [-0.2, 0) is 6.54 Å². The Bertz CT molecular complexity index is 678. The molecule has 0 radical (unpaired) electrons. The number of aromatic nitrogens is 2. The molecular weight excluding hydrogens is 290 g/mol. The molecule has 3 rings (SSSR count). The molecule has 6 heteroatoms. The average molecular weight is 313 g/mol. The third-order valence-corrected chi connectivity index (χ3v) is 3.92. The fourth-order valence-corrected chi connectivity index (χ4v) is 2.85. The van der Waals surface area contributed by atoms with Crippen LogP contribution >= 0.6 is 0 Å². The molecule has 0 aliphatic carbocycles. The number of ether oxygens (including phenoxy) is 1. The van der Waals surface area contributed by atoms with E-state index in [1.165, 1.54) is 0 Å². The van der Waals surface area contributed by atoms with Crippen molar-refractivity contribution >= 4 is 5.96 Å². The van der Waals surface area contributed by atoms with Gasteiger partial charge in [-0.1, -0.05) is 18.2 Å². The lowest BCUT2D eigenvalue weighted by Crippen LogP contribution is -2.45. The molecule has 23 heavy (non-hydrogen) atoms. The maximum atomic E-state index is 6.07. The van der Waals surface area contributed by atoms with Gasteiger partial charge >= 0.3 is 0 Å². The quantitative estimate of drug-likeness (QED) is 0.601. The SMILES string of the molecule is CN=C(NCc1ccn[nH]1)NC1CC(C)(C)Oc2ccccc21. The van der Waals surface area contributed by atoms with Gasteiger partial charge in [0.25, 0.3) is 0 Å². The Morgan fingerprint density at radius 2 is 2.22 bits per heavy atom. The highest BCUT2D eigenvalue weighted by Gasteiger charge is 2.33. The molecule has 2 aromatic rings. The summed E-state index contributed by atoms with van der Waals surface area (Å²) in [5.41, 5.74) is 1.96. The zero-order valence-electron chi connectivity index (χ0n) is 13.8. The van der Waals surface area contributed by atoms with E-state index in [4.69, 9.17) is 4.74 Å². The van der Waals surface area contributed by atoms with Crippen LogP contribution in [0.5, 0.6) is 5.75 Å². The topological polar surface area (TPSA) is 74.3 Å². The Hall–Kier alpha value is -2.50. The molecule has 3 N–H and O–H groups in total. The van der Waals surface area contributed by atoms with Gasteiger partial charge in [0.05, 0.1) is 18.3 Å². The summed E-state index contributed by atoms with van der Waals surface area (Å²) >= 11 is 0. The minimum Gasteiger partial charge on any atom is -0.487 e. The monoisotopic (exact) mass is 313 g/mol. The normalized spacial score (nSPS) is 19.6. The van der Waals surface area contributed by atoms with Crippen molar-refractivity contribution in [3.05, 3.63) is 47.8 Å². The van der Waals surface area contributed by atoms with Gasteiger partial charge in [0.15, 0.2) is 5.96 Å². The number of nitrogens with zero attached hydrogens (tertiary/aromatic N) is 2. The summed E-state index contributed by atoms with van der Waals surface area (Å²) in [5.74, 6) is 1.70. The predicted molar refractivity (Wildman–Crippen MR) is 90.4 cm³/mol. The van der Waals surface area contributed by atoms with E-state index >= 15 is 0 Å². The molecule has 1 aliphatic heterocycles. The van der Waals surface area contributed by atoms with Gasteiger partial charge in [-0.25, -0.2) is 0 Å². The van der Waals surface area contributed by atoms with Gasteiger partial charge in [-0.2, -0.15) is 5.10 Å². The molecule has 2 heterocycles. The van der Waals surface area contributed by atoms with Crippen molar-refractivity contribution in [2.75, 3.05) is 7.05 Å². The Kier molecular flexibility index (Phi) is 4.23. The highest BCUT2D eigenvalue weighted by atomic mass is 16.5. The van der Waals surface area contributed by atoms with Crippen LogP contribution in [0.15, 0.2) is 41.5 Å². The van der Waals surface area contributed by atoms with Gasteiger partial charge in [-0.15, -0.1) is 0 Å². The molecule has 1 aromatic carbocycles. The smallest absolute Gasteiger partial charge is 0.191 e. The van der Waals surface area contributed by atoms with E-state index in [0.717, 1.165) is 29.4 Å². The first-order valence-electron chi connectivity index (χ1n) is 7.81. The van der Waals surface area contributed by atoms with E-state index in [1.807, 2.05) is 24.3 Å². The Morgan fingerprint density at radius 1 is 1.39 bits per heavy atom. The van der Waals surface area contributed by atoms with E-state index < -0.39 is 0 Å². The summed E-state index contributed by atoms with van der Waals surface area (Å²) < 4.78 is 6.07. The lowest BCUT2D eigenvalue weighted by Gasteiger charge is -2.38. The van der Waals surface area contributed by atoms with Gasteiger partial charge in [0.2, 0.25) is 0 Å². The molecule has 0 spiro atoms. The molecule has 1 atom stereocenters. The second-order valence-electron chi connectivity index (χ2n) is 6.31. The van der Waals surface area contributed by atoms with Crippen LogP contribution in [0.25, 0.3) is 0 Å². The highest BCUT2D eigenvalue weighted by Crippen LogP contribution is 2.39. The van der Waals surface area contributed by atoms with Crippen molar-refractivity contribution < 1.29 is 4.74 Å². The fraction of sp³-hybridized carbons (Fsp3) is 0.412. The molecule has 0 bridgehead atoms. The Morgan fingerprint density at radius 3 is 2.96 bits per heavy atom. The highest BCUT2D eigenvalue weighted by molar-refractivity contribution is 5.80. The zero-order chi connectivity index (χ0) is 16.3. The molecule has 122 valence electrons.